The number of nitrogens with one attached hydrogen (secondary N) is 1. The highest BCUT2D eigenvalue weighted by molar-refractivity contribution is 5.21. The van der Waals surface area contributed by atoms with Crippen LogP contribution in [0.2, 0.25) is 0 Å². The van der Waals surface area contributed by atoms with Crippen LogP contribution in [0.3, 0.4) is 0 Å². The maximum Gasteiger partial charge on any atom is 0.129 e. The van der Waals surface area contributed by atoms with Gasteiger partial charge in [0.2, 0.25) is 0 Å². The van der Waals surface area contributed by atoms with E-state index in [-0.39, 0.29) is 12.1 Å². The molecular formula is C16H23F2NO. The fourth-order valence-corrected chi connectivity index (χ4v) is 2.90. The standard InChI is InChI=1S/C16H23F2NO/c17-13-6-7-15(18)14(10-13)16(20)11-19-9-8-12-4-2-1-3-5-12/h6-7,10,12,16,19-20H,1-5,8-9,11H2. The molecule has 0 spiro atoms. The van der Waals surface area contributed by atoms with Crippen LogP contribution < -0.4 is 5.32 Å². The first-order valence-electron chi connectivity index (χ1n) is 7.50. The van der Waals surface area contributed by atoms with Gasteiger partial charge in [-0.2, -0.15) is 0 Å². The number of benzene rings is 1. The van der Waals surface area contributed by atoms with E-state index in [0.29, 0.717) is 0 Å². The fraction of sp³-hybridized carbons (Fsp3) is 0.625. The van der Waals surface area contributed by atoms with Crippen molar-refractivity contribution in [3.63, 3.8) is 0 Å². The zero-order valence-electron chi connectivity index (χ0n) is 11.7. The highest BCUT2D eigenvalue weighted by Crippen LogP contribution is 2.25. The lowest BCUT2D eigenvalue weighted by molar-refractivity contribution is 0.168. The van der Waals surface area contributed by atoms with Gasteiger partial charge in [0, 0.05) is 12.1 Å². The Hall–Kier alpha value is -1.00. The molecule has 112 valence electrons. The van der Waals surface area contributed by atoms with Crippen LogP contribution in [-0.4, -0.2) is 18.2 Å². The van der Waals surface area contributed by atoms with E-state index in [1.807, 2.05) is 0 Å². The third-order valence-corrected chi connectivity index (χ3v) is 4.11. The van der Waals surface area contributed by atoms with Crippen molar-refractivity contribution in [2.75, 3.05) is 13.1 Å². The van der Waals surface area contributed by atoms with Crippen molar-refractivity contribution in [3.05, 3.63) is 35.4 Å². The first-order valence-corrected chi connectivity index (χ1v) is 7.50. The van der Waals surface area contributed by atoms with Crippen LogP contribution >= 0.6 is 0 Å². The van der Waals surface area contributed by atoms with E-state index in [1.54, 1.807) is 0 Å². The Bertz CT molecular complexity index is 419. The Kier molecular flexibility index (Phi) is 5.92. The molecule has 1 aliphatic rings. The quantitative estimate of drug-likeness (QED) is 0.782. The predicted octanol–water partition coefficient (Wildman–Crippen LogP) is 3.56. The van der Waals surface area contributed by atoms with Gasteiger partial charge in [-0.05, 0) is 37.1 Å². The topological polar surface area (TPSA) is 32.3 Å². The Labute approximate surface area is 119 Å². The molecule has 1 unspecified atom stereocenters. The van der Waals surface area contributed by atoms with Gasteiger partial charge >= 0.3 is 0 Å². The number of rotatable bonds is 6. The Morgan fingerprint density at radius 2 is 1.95 bits per heavy atom. The molecule has 0 heterocycles. The van der Waals surface area contributed by atoms with Gasteiger partial charge < -0.3 is 10.4 Å². The molecule has 2 N–H and O–H groups in total. The second-order valence-corrected chi connectivity index (χ2v) is 5.68. The van der Waals surface area contributed by atoms with Gasteiger partial charge in [0.25, 0.3) is 0 Å². The van der Waals surface area contributed by atoms with Crippen LogP contribution in [0.15, 0.2) is 18.2 Å². The Morgan fingerprint density at radius 1 is 1.20 bits per heavy atom. The lowest BCUT2D eigenvalue weighted by atomic mass is 9.87. The molecule has 4 heteroatoms. The molecule has 0 aliphatic heterocycles. The largest absolute Gasteiger partial charge is 0.387 e. The highest BCUT2D eigenvalue weighted by Gasteiger charge is 2.15. The summed E-state index contributed by atoms with van der Waals surface area (Å²) in [6.45, 7) is 1.08. The molecule has 1 aliphatic carbocycles. The molecule has 1 aromatic rings. The minimum absolute atomic E-state index is 0.0233. The molecule has 0 radical (unpaired) electrons. The summed E-state index contributed by atoms with van der Waals surface area (Å²) in [6.07, 6.45) is 6.67. The molecule has 1 atom stereocenters. The Morgan fingerprint density at radius 3 is 2.70 bits per heavy atom. The summed E-state index contributed by atoms with van der Waals surface area (Å²) in [6, 6.07) is 3.17. The van der Waals surface area contributed by atoms with Crippen molar-refractivity contribution in [2.24, 2.45) is 5.92 Å². The number of aliphatic hydroxyl groups excluding tert-OH is 1. The van der Waals surface area contributed by atoms with E-state index in [0.717, 1.165) is 37.1 Å². The summed E-state index contributed by atoms with van der Waals surface area (Å²) in [5, 5.41) is 13.0. The molecule has 0 bridgehead atoms. The maximum absolute atomic E-state index is 13.5. The normalized spacial score (nSPS) is 18.1. The predicted molar refractivity (Wildman–Crippen MR) is 75.4 cm³/mol. The summed E-state index contributed by atoms with van der Waals surface area (Å²) in [5.41, 5.74) is 0.0233. The summed E-state index contributed by atoms with van der Waals surface area (Å²) >= 11 is 0. The minimum atomic E-state index is -1.00. The van der Waals surface area contributed by atoms with Crippen molar-refractivity contribution in [3.8, 4) is 0 Å². The highest BCUT2D eigenvalue weighted by atomic mass is 19.1. The third kappa shape index (κ3) is 4.53. The molecular weight excluding hydrogens is 260 g/mol. The third-order valence-electron chi connectivity index (χ3n) is 4.11. The molecule has 0 amide bonds. The zero-order chi connectivity index (χ0) is 14.4. The average molecular weight is 283 g/mol. The van der Waals surface area contributed by atoms with E-state index < -0.39 is 17.7 Å². The van der Waals surface area contributed by atoms with E-state index >= 15 is 0 Å². The van der Waals surface area contributed by atoms with Gasteiger partial charge in [0.15, 0.2) is 0 Å². The molecule has 1 saturated carbocycles. The summed E-state index contributed by atoms with van der Waals surface area (Å²) < 4.78 is 26.5. The molecule has 0 saturated heterocycles. The first-order chi connectivity index (χ1) is 9.66. The van der Waals surface area contributed by atoms with Crippen LogP contribution in [-0.2, 0) is 0 Å². The van der Waals surface area contributed by atoms with E-state index in [9.17, 15) is 13.9 Å². The fourth-order valence-electron chi connectivity index (χ4n) is 2.90. The smallest absolute Gasteiger partial charge is 0.129 e. The number of halogens is 2. The lowest BCUT2D eigenvalue weighted by Gasteiger charge is -2.22. The first kappa shape index (κ1) is 15.4. The van der Waals surface area contributed by atoms with Crippen molar-refractivity contribution in [1.82, 2.24) is 5.32 Å². The monoisotopic (exact) mass is 283 g/mol. The van der Waals surface area contributed by atoms with Crippen LogP contribution in [0.1, 0.15) is 50.2 Å². The van der Waals surface area contributed by atoms with Gasteiger partial charge in [-0.3, -0.25) is 0 Å². The van der Waals surface area contributed by atoms with Gasteiger partial charge in [0.1, 0.15) is 11.6 Å². The van der Waals surface area contributed by atoms with Crippen LogP contribution in [0.25, 0.3) is 0 Å². The summed E-state index contributed by atoms with van der Waals surface area (Å²) in [7, 11) is 0. The molecule has 0 aromatic heterocycles. The van der Waals surface area contributed by atoms with Crippen LogP contribution in [0.4, 0.5) is 8.78 Å². The van der Waals surface area contributed by atoms with E-state index in [4.69, 9.17) is 0 Å². The maximum atomic E-state index is 13.5. The van der Waals surface area contributed by atoms with Crippen LogP contribution in [0, 0.1) is 17.6 Å². The minimum Gasteiger partial charge on any atom is -0.387 e. The molecule has 20 heavy (non-hydrogen) atoms. The molecule has 1 aromatic carbocycles. The van der Waals surface area contributed by atoms with Gasteiger partial charge in [-0.25, -0.2) is 8.78 Å². The molecule has 2 nitrogen and oxygen atoms in total. The second-order valence-electron chi connectivity index (χ2n) is 5.68. The number of aliphatic hydroxyl groups is 1. The van der Waals surface area contributed by atoms with Crippen molar-refractivity contribution in [2.45, 2.75) is 44.6 Å². The summed E-state index contributed by atoms with van der Waals surface area (Å²) in [5.74, 6) is -0.310. The number of hydrogen-bond acceptors (Lipinski definition) is 2. The van der Waals surface area contributed by atoms with Crippen molar-refractivity contribution in [1.29, 1.82) is 0 Å². The molecule has 1 fully saturated rings. The lowest BCUT2D eigenvalue weighted by Crippen LogP contribution is -2.25. The Balaban J connectivity index is 1.71. The van der Waals surface area contributed by atoms with Crippen LogP contribution in [0.5, 0.6) is 0 Å². The number of hydrogen-bond donors (Lipinski definition) is 2. The van der Waals surface area contributed by atoms with Crippen molar-refractivity contribution >= 4 is 0 Å². The van der Waals surface area contributed by atoms with E-state index in [2.05, 4.69) is 5.32 Å². The van der Waals surface area contributed by atoms with Gasteiger partial charge in [0.05, 0.1) is 6.10 Å². The van der Waals surface area contributed by atoms with Crippen molar-refractivity contribution < 1.29 is 13.9 Å². The summed E-state index contributed by atoms with van der Waals surface area (Å²) in [4.78, 5) is 0. The second kappa shape index (κ2) is 7.70. The van der Waals surface area contributed by atoms with E-state index in [1.165, 1.54) is 32.1 Å². The molecule has 2 rings (SSSR count). The van der Waals surface area contributed by atoms with Gasteiger partial charge in [-0.1, -0.05) is 32.1 Å². The SMILES string of the molecule is OC(CNCCC1CCCCC1)c1cc(F)ccc1F. The zero-order valence-corrected chi connectivity index (χ0v) is 11.7. The van der Waals surface area contributed by atoms with Gasteiger partial charge in [-0.15, -0.1) is 0 Å². The average Bonchev–Trinajstić information content (AvgIpc) is 2.47.